The normalized spacial score (nSPS) is 19.6. The quantitative estimate of drug-likeness (QED) is 0.126. The summed E-state index contributed by atoms with van der Waals surface area (Å²) in [6.45, 7) is 16.5. The maximum atomic E-state index is 6.38. The number of benzene rings is 4. The fraction of sp³-hybridized carbons (Fsp3) is 0.293. The minimum absolute atomic E-state index is 0. The van der Waals surface area contributed by atoms with Crippen LogP contribution >= 0.6 is 0 Å². The van der Waals surface area contributed by atoms with Gasteiger partial charge in [-0.2, -0.15) is 24.3 Å². The Kier molecular flexibility index (Phi) is 12.3. The van der Waals surface area contributed by atoms with Gasteiger partial charge in [-0.3, -0.25) is 6.42 Å². The third kappa shape index (κ3) is 6.76. The predicted molar refractivity (Wildman–Crippen MR) is 179 cm³/mol. The van der Waals surface area contributed by atoms with Crippen molar-refractivity contribution in [3.05, 3.63) is 150 Å². The molecular formula is C41H42O3U2. The van der Waals surface area contributed by atoms with Crippen LogP contribution in [0.5, 0.6) is 11.5 Å². The minimum Gasteiger partial charge on any atom is -0.525 e. The Balaban J connectivity index is 0.000000639. The van der Waals surface area contributed by atoms with Gasteiger partial charge in [-0.05, 0) is 91.2 Å². The molecule has 4 aliphatic rings. The molecular weight excluding hydrogens is 1020 g/mol. The molecule has 2 fully saturated rings. The van der Waals surface area contributed by atoms with E-state index in [1.54, 1.807) is 0 Å². The zero-order chi connectivity index (χ0) is 29.7. The third-order valence-corrected chi connectivity index (χ3v) is 9.21. The molecule has 2 unspecified atom stereocenters. The van der Waals surface area contributed by atoms with Crippen molar-refractivity contribution in [2.45, 2.75) is 51.6 Å². The molecule has 0 N–H and O–H groups in total. The van der Waals surface area contributed by atoms with Gasteiger partial charge in [0.2, 0.25) is 0 Å². The summed E-state index contributed by atoms with van der Waals surface area (Å²) in [5.74, 6) is 2.78. The van der Waals surface area contributed by atoms with Crippen LogP contribution in [0.25, 0.3) is 11.1 Å². The monoisotopic (exact) mass is 1060 g/mol. The van der Waals surface area contributed by atoms with Crippen LogP contribution < -0.4 is 9.47 Å². The second-order valence-corrected chi connectivity index (χ2v) is 12.4. The van der Waals surface area contributed by atoms with Crippen LogP contribution in [0, 0.1) is 116 Å². The smallest absolute Gasteiger partial charge is 0.525 e. The summed E-state index contributed by atoms with van der Waals surface area (Å²) < 4.78 is 17.1. The second-order valence-electron chi connectivity index (χ2n) is 12.4. The summed E-state index contributed by atoms with van der Waals surface area (Å²) in [6, 6.07) is 24.9. The SMILES string of the molecule is C=[C-]c1cccc2c1-c1ccccc1C2(c1cc(C)c(OCC2CC2)c(C)c1)c1cc(C)c2c(c1)C[CH-]CO2.[CH2-]C1CO1.[CH3-].[U+2].[U+2]. The number of fused-ring (bicyclic) bond motifs is 4. The van der Waals surface area contributed by atoms with Crippen molar-refractivity contribution in [1.82, 2.24) is 0 Å². The molecule has 8 rings (SSSR count). The van der Waals surface area contributed by atoms with Crippen LogP contribution in [0.3, 0.4) is 0 Å². The van der Waals surface area contributed by atoms with Gasteiger partial charge in [0.1, 0.15) is 11.5 Å². The van der Waals surface area contributed by atoms with E-state index in [0.29, 0.717) is 12.7 Å². The van der Waals surface area contributed by atoms with E-state index in [1.807, 2.05) is 0 Å². The van der Waals surface area contributed by atoms with E-state index in [4.69, 9.17) is 9.47 Å². The molecule has 0 spiro atoms. The zero-order valence-electron chi connectivity index (χ0n) is 27.5. The van der Waals surface area contributed by atoms with Crippen molar-refractivity contribution >= 4 is 0 Å². The molecule has 0 bridgehead atoms. The molecule has 0 aromatic heterocycles. The molecule has 46 heavy (non-hydrogen) atoms. The fourth-order valence-electron chi connectivity index (χ4n) is 6.99. The van der Waals surface area contributed by atoms with E-state index in [-0.39, 0.29) is 69.7 Å². The molecule has 2 atom stereocenters. The van der Waals surface area contributed by atoms with Crippen molar-refractivity contribution in [3.8, 4) is 22.6 Å². The van der Waals surface area contributed by atoms with Crippen LogP contribution in [0.15, 0.2) is 73.3 Å². The maximum absolute atomic E-state index is 6.38. The van der Waals surface area contributed by atoms with Crippen LogP contribution in [0.2, 0.25) is 0 Å². The second kappa shape index (κ2) is 15.2. The first-order valence-corrected chi connectivity index (χ1v) is 15.5. The van der Waals surface area contributed by atoms with E-state index >= 15 is 0 Å². The van der Waals surface area contributed by atoms with Gasteiger partial charge in [-0.1, -0.05) is 65.7 Å². The predicted octanol–water partition coefficient (Wildman–Crippen LogP) is 8.91. The number of hydrogen-bond donors (Lipinski definition) is 0. The van der Waals surface area contributed by atoms with Crippen LogP contribution in [-0.4, -0.2) is 25.9 Å². The molecule has 2 aliphatic heterocycles. The summed E-state index contributed by atoms with van der Waals surface area (Å²) in [5.41, 5.74) is 13.0. The standard InChI is InChI=1S/C37H34O2.C3H5O.CH3.2U/c1-5-27-10-8-14-33-34(27)31-12-6-7-13-32(31)37(33,30-20-25(4)36-28(21-30)11-9-17-38-36)29-18-23(2)35(24(3)19-29)39-22-26-15-16-26;1-3-2-4-3;;;/h6-10,12-14,18-21,26H,1,11,15-17,22H2,2-4H3;3H,1-2H2;1H3;;/q-2;2*-1;2*+2. The van der Waals surface area contributed by atoms with Crippen LogP contribution in [-0.2, 0) is 16.6 Å². The van der Waals surface area contributed by atoms with Gasteiger partial charge in [-0.15, -0.1) is 18.1 Å². The Morgan fingerprint density at radius 3 is 2.22 bits per heavy atom. The molecule has 1 saturated heterocycles. The largest absolute Gasteiger partial charge is 2.00 e. The van der Waals surface area contributed by atoms with Gasteiger partial charge in [0.25, 0.3) is 0 Å². The van der Waals surface area contributed by atoms with Gasteiger partial charge in [0, 0.05) is 6.61 Å². The van der Waals surface area contributed by atoms with Crippen molar-refractivity contribution in [2.24, 2.45) is 5.92 Å². The molecule has 3 nitrogen and oxygen atoms in total. The van der Waals surface area contributed by atoms with Crippen LogP contribution in [0.4, 0.5) is 0 Å². The molecule has 0 amide bonds. The first kappa shape index (κ1) is 37.1. The zero-order valence-corrected chi connectivity index (χ0v) is 35.8. The average Bonchev–Trinajstić information content (AvgIpc) is 3.96. The van der Waals surface area contributed by atoms with E-state index in [2.05, 4.69) is 118 Å². The summed E-state index contributed by atoms with van der Waals surface area (Å²) in [4.78, 5) is 0. The van der Waals surface area contributed by atoms with Gasteiger partial charge in [0.05, 0.1) is 12.0 Å². The minimum atomic E-state index is -0.486. The van der Waals surface area contributed by atoms with Gasteiger partial charge >= 0.3 is 62.2 Å². The number of aryl methyl sites for hydroxylation is 3. The van der Waals surface area contributed by atoms with E-state index in [0.717, 1.165) is 42.6 Å². The molecule has 2 heterocycles. The molecule has 5 heteroatoms. The number of epoxide rings is 1. The molecule has 4 aromatic rings. The van der Waals surface area contributed by atoms with E-state index in [1.165, 1.54) is 68.5 Å². The van der Waals surface area contributed by atoms with Crippen LogP contribution in [0.1, 0.15) is 62.9 Å². The van der Waals surface area contributed by atoms with Gasteiger partial charge < -0.3 is 28.6 Å². The molecule has 0 radical (unpaired) electrons. The van der Waals surface area contributed by atoms with Crippen molar-refractivity contribution in [2.75, 3.05) is 19.8 Å². The Morgan fingerprint density at radius 2 is 1.57 bits per heavy atom. The molecule has 1 saturated carbocycles. The Bertz CT molecular complexity index is 1700. The Morgan fingerprint density at radius 1 is 0.935 bits per heavy atom. The first-order valence-electron chi connectivity index (χ1n) is 15.5. The van der Waals surface area contributed by atoms with Crippen molar-refractivity contribution in [3.63, 3.8) is 0 Å². The van der Waals surface area contributed by atoms with E-state index < -0.39 is 5.41 Å². The van der Waals surface area contributed by atoms with Crippen molar-refractivity contribution in [1.29, 1.82) is 0 Å². The molecule has 4 aromatic carbocycles. The topological polar surface area (TPSA) is 31.0 Å². The average molecular weight is 1060 g/mol. The van der Waals surface area contributed by atoms with Gasteiger partial charge in [0.15, 0.2) is 0 Å². The van der Waals surface area contributed by atoms with Crippen molar-refractivity contribution < 1.29 is 76.4 Å². The first-order chi connectivity index (χ1) is 20.9. The number of rotatable bonds is 6. The summed E-state index contributed by atoms with van der Waals surface area (Å²) in [6.07, 6.45) is 9.29. The number of ether oxygens (including phenoxy) is 3. The number of hydrogen-bond acceptors (Lipinski definition) is 3. The Labute approximate surface area is 323 Å². The summed E-state index contributed by atoms with van der Waals surface area (Å²) in [7, 11) is 0. The molecule has 2 aliphatic carbocycles. The maximum Gasteiger partial charge on any atom is 2.00 e. The fourth-order valence-corrected chi connectivity index (χ4v) is 6.99. The molecule has 232 valence electrons. The third-order valence-electron chi connectivity index (χ3n) is 9.21. The van der Waals surface area contributed by atoms with E-state index in [9.17, 15) is 0 Å². The summed E-state index contributed by atoms with van der Waals surface area (Å²) in [5, 5.41) is 0. The Hall–Kier alpha value is -1.72. The summed E-state index contributed by atoms with van der Waals surface area (Å²) >= 11 is 0. The van der Waals surface area contributed by atoms with Gasteiger partial charge in [-0.25, -0.2) is 0 Å².